The molecule has 0 heterocycles. The summed E-state index contributed by atoms with van der Waals surface area (Å²) in [7, 11) is 0. The van der Waals surface area contributed by atoms with Crippen LogP contribution in [0.3, 0.4) is 0 Å². The fraction of sp³-hybridized carbons (Fsp3) is 0.778. The van der Waals surface area contributed by atoms with E-state index in [1.54, 1.807) is 4.90 Å². The van der Waals surface area contributed by atoms with Gasteiger partial charge in [0.1, 0.15) is 5.54 Å². The molecule has 0 fully saturated rings. The molecule has 0 saturated heterocycles. The number of nitrogens with one attached hydrogen (secondary N) is 1. The van der Waals surface area contributed by atoms with E-state index < -0.39 is 0 Å². The van der Waals surface area contributed by atoms with Gasteiger partial charge in [0.2, 0.25) is 0 Å². The van der Waals surface area contributed by atoms with Crippen LogP contribution in [0.2, 0.25) is 0 Å². The first-order valence-electron chi connectivity index (χ1n) is 4.07. The Morgan fingerprint density at radius 2 is 1.70 bits per heavy atom. The highest BCUT2D eigenvalue weighted by molar-refractivity contribution is 4.87. The summed E-state index contributed by atoms with van der Waals surface area (Å²) in [6, 6.07) is 0. The summed E-state index contributed by atoms with van der Waals surface area (Å²) in [5.41, 5.74) is 0.240. The highest BCUT2D eigenvalue weighted by Crippen LogP contribution is 1.95. The molecule has 0 aliphatic rings. The molecule has 0 saturated carbocycles. The van der Waals surface area contributed by atoms with Crippen LogP contribution in [0.15, 0.2) is 12.7 Å². The molecule has 60 valence electrons. The van der Waals surface area contributed by atoms with Crippen molar-refractivity contribution in [1.82, 2.24) is 0 Å². The summed E-state index contributed by atoms with van der Waals surface area (Å²) < 4.78 is 0. The topological polar surface area (TPSA) is 4.44 Å². The highest BCUT2D eigenvalue weighted by Gasteiger charge is 2.23. The molecule has 10 heavy (non-hydrogen) atoms. The van der Waals surface area contributed by atoms with Crippen molar-refractivity contribution < 1.29 is 4.90 Å². The molecule has 0 spiro atoms. The van der Waals surface area contributed by atoms with Crippen molar-refractivity contribution in [3.8, 4) is 0 Å². The molecular formula is C9H20N+. The Morgan fingerprint density at radius 3 is 1.80 bits per heavy atom. The predicted molar refractivity (Wildman–Crippen MR) is 46.3 cm³/mol. The predicted octanol–water partition coefficient (Wildman–Crippen LogP) is 0.876. The number of quaternary nitrogens is 1. The quantitative estimate of drug-likeness (QED) is 0.556. The van der Waals surface area contributed by atoms with Gasteiger partial charge in [-0.3, -0.25) is 0 Å². The molecule has 0 atom stereocenters. The van der Waals surface area contributed by atoms with E-state index in [-0.39, 0.29) is 5.54 Å². The van der Waals surface area contributed by atoms with Crippen LogP contribution < -0.4 is 4.90 Å². The normalized spacial score (nSPS) is 12.1. The van der Waals surface area contributed by atoms with Crippen LogP contribution >= 0.6 is 0 Å². The first-order valence-corrected chi connectivity index (χ1v) is 4.07. The standard InChI is InChI=1S/C9H19N/c1-6-9(4,5)10(7-2)8-3/h6H,1,7-8H2,2-5H3/p+1. The average Bonchev–Trinajstić information content (AvgIpc) is 1.90. The molecule has 0 aliphatic heterocycles. The van der Waals surface area contributed by atoms with E-state index in [9.17, 15) is 0 Å². The monoisotopic (exact) mass is 142 g/mol. The van der Waals surface area contributed by atoms with Crippen LogP contribution in [-0.4, -0.2) is 18.6 Å². The minimum Gasteiger partial charge on any atom is -0.328 e. The number of hydrogen-bond acceptors (Lipinski definition) is 0. The molecule has 0 bridgehead atoms. The fourth-order valence-electron chi connectivity index (χ4n) is 1.31. The maximum atomic E-state index is 3.83. The van der Waals surface area contributed by atoms with Crippen molar-refractivity contribution in [3.63, 3.8) is 0 Å². The Kier molecular flexibility index (Phi) is 3.66. The Labute approximate surface area is 64.7 Å². The molecule has 0 aliphatic carbocycles. The molecule has 0 rings (SSSR count). The Bertz CT molecular complexity index is 101. The summed E-state index contributed by atoms with van der Waals surface area (Å²) in [4.78, 5) is 1.59. The minimum absolute atomic E-state index is 0.240. The van der Waals surface area contributed by atoms with E-state index in [0.717, 1.165) is 0 Å². The van der Waals surface area contributed by atoms with Crippen LogP contribution in [0.1, 0.15) is 27.7 Å². The maximum Gasteiger partial charge on any atom is 0.110 e. The second-order valence-electron chi connectivity index (χ2n) is 3.24. The first-order chi connectivity index (χ1) is 4.58. The number of hydrogen-bond donors (Lipinski definition) is 1. The zero-order valence-corrected chi connectivity index (χ0v) is 7.70. The van der Waals surface area contributed by atoms with Crippen LogP contribution in [-0.2, 0) is 0 Å². The summed E-state index contributed by atoms with van der Waals surface area (Å²) in [5.74, 6) is 0. The molecule has 0 aromatic heterocycles. The lowest BCUT2D eigenvalue weighted by Gasteiger charge is -2.30. The van der Waals surface area contributed by atoms with Crippen molar-refractivity contribution in [3.05, 3.63) is 12.7 Å². The van der Waals surface area contributed by atoms with Gasteiger partial charge in [-0.25, -0.2) is 0 Å². The molecule has 0 aromatic carbocycles. The lowest BCUT2D eigenvalue weighted by molar-refractivity contribution is -0.937. The van der Waals surface area contributed by atoms with Gasteiger partial charge in [-0.15, -0.1) is 0 Å². The Balaban J connectivity index is 4.10. The molecule has 0 unspecified atom stereocenters. The average molecular weight is 142 g/mol. The van der Waals surface area contributed by atoms with E-state index in [2.05, 4.69) is 34.3 Å². The SMILES string of the molecule is C=CC(C)(C)[NH+](CC)CC. The van der Waals surface area contributed by atoms with Crippen molar-refractivity contribution in [1.29, 1.82) is 0 Å². The summed E-state index contributed by atoms with van der Waals surface area (Å²) in [5, 5.41) is 0. The summed E-state index contributed by atoms with van der Waals surface area (Å²) in [6.45, 7) is 15.1. The molecule has 1 heteroatoms. The molecule has 1 nitrogen and oxygen atoms in total. The third-order valence-corrected chi connectivity index (χ3v) is 2.28. The third kappa shape index (κ3) is 2.14. The Hall–Kier alpha value is -0.300. The van der Waals surface area contributed by atoms with Crippen LogP contribution in [0, 0.1) is 0 Å². The highest BCUT2D eigenvalue weighted by atomic mass is 15.2. The zero-order valence-electron chi connectivity index (χ0n) is 7.70. The van der Waals surface area contributed by atoms with Crippen molar-refractivity contribution >= 4 is 0 Å². The molecule has 0 amide bonds. The largest absolute Gasteiger partial charge is 0.328 e. The molecule has 0 aromatic rings. The van der Waals surface area contributed by atoms with Gasteiger partial charge in [-0.2, -0.15) is 0 Å². The van der Waals surface area contributed by atoms with Crippen LogP contribution in [0.5, 0.6) is 0 Å². The van der Waals surface area contributed by atoms with E-state index in [1.165, 1.54) is 13.1 Å². The summed E-state index contributed by atoms with van der Waals surface area (Å²) in [6.07, 6.45) is 2.04. The smallest absolute Gasteiger partial charge is 0.110 e. The third-order valence-electron chi connectivity index (χ3n) is 2.28. The minimum atomic E-state index is 0.240. The zero-order chi connectivity index (χ0) is 8.20. The van der Waals surface area contributed by atoms with Crippen LogP contribution in [0.25, 0.3) is 0 Å². The first kappa shape index (κ1) is 9.70. The van der Waals surface area contributed by atoms with Gasteiger partial charge >= 0.3 is 0 Å². The second-order valence-corrected chi connectivity index (χ2v) is 3.24. The van der Waals surface area contributed by atoms with Gasteiger partial charge in [-0.1, -0.05) is 6.58 Å². The Morgan fingerprint density at radius 1 is 1.30 bits per heavy atom. The molecule has 1 N–H and O–H groups in total. The van der Waals surface area contributed by atoms with E-state index in [0.29, 0.717) is 0 Å². The maximum absolute atomic E-state index is 3.83. The van der Waals surface area contributed by atoms with Gasteiger partial charge < -0.3 is 4.90 Å². The molecular weight excluding hydrogens is 122 g/mol. The van der Waals surface area contributed by atoms with Crippen molar-refractivity contribution in [2.24, 2.45) is 0 Å². The van der Waals surface area contributed by atoms with Crippen LogP contribution in [0.4, 0.5) is 0 Å². The van der Waals surface area contributed by atoms with Crippen molar-refractivity contribution in [2.75, 3.05) is 13.1 Å². The lowest BCUT2D eigenvalue weighted by Crippen LogP contribution is -3.18. The number of rotatable bonds is 4. The lowest BCUT2D eigenvalue weighted by atomic mass is 10.0. The van der Waals surface area contributed by atoms with Crippen molar-refractivity contribution in [2.45, 2.75) is 33.2 Å². The van der Waals surface area contributed by atoms with Gasteiger partial charge in [0, 0.05) is 0 Å². The van der Waals surface area contributed by atoms with E-state index in [1.807, 2.05) is 6.08 Å². The van der Waals surface area contributed by atoms with Gasteiger partial charge in [-0.05, 0) is 33.8 Å². The number of likely N-dealkylation sites (N-methyl/N-ethyl adjacent to an activating group) is 1. The van der Waals surface area contributed by atoms with Gasteiger partial charge in [0.05, 0.1) is 13.1 Å². The second kappa shape index (κ2) is 3.77. The van der Waals surface area contributed by atoms with E-state index in [4.69, 9.17) is 0 Å². The summed E-state index contributed by atoms with van der Waals surface area (Å²) >= 11 is 0. The molecule has 0 radical (unpaired) electrons. The van der Waals surface area contributed by atoms with Gasteiger partial charge in [0.15, 0.2) is 0 Å². The van der Waals surface area contributed by atoms with Gasteiger partial charge in [0.25, 0.3) is 0 Å². The fourth-order valence-corrected chi connectivity index (χ4v) is 1.31. The van der Waals surface area contributed by atoms with E-state index >= 15 is 0 Å².